The first kappa shape index (κ1) is 19.8. The van der Waals surface area contributed by atoms with E-state index in [9.17, 15) is 9.59 Å². The van der Waals surface area contributed by atoms with Gasteiger partial charge < -0.3 is 19.9 Å². The van der Waals surface area contributed by atoms with Crippen LogP contribution in [0.25, 0.3) is 0 Å². The quantitative estimate of drug-likeness (QED) is 0.725. The number of amides is 2. The van der Waals surface area contributed by atoms with Crippen LogP contribution in [0.1, 0.15) is 30.3 Å². The summed E-state index contributed by atoms with van der Waals surface area (Å²) in [4.78, 5) is 29.4. The first-order chi connectivity index (χ1) is 12.9. The van der Waals surface area contributed by atoms with E-state index in [2.05, 4.69) is 26.2 Å². The Morgan fingerprint density at radius 2 is 2.07 bits per heavy atom. The van der Waals surface area contributed by atoms with Crippen LogP contribution in [0, 0.1) is 0 Å². The Bertz CT molecular complexity index is 805. The smallest absolute Gasteiger partial charge is 0.267 e. The maximum Gasteiger partial charge on any atom is 0.267 e. The molecule has 144 valence electrons. The van der Waals surface area contributed by atoms with Crippen molar-refractivity contribution in [3.05, 3.63) is 51.7 Å². The standard InChI is InChI=1S/C19H21BrClN3O3/c1-12(27-17-5-4-13(21)11-15(17)20)19(26)24-9-6-14(7-10-24)23-18(25)16-3-2-8-22-16/h2-5,8,11-12,14,22H,6-7,9-10H2,1H3,(H,23,25)/t12-/m0/s1. The van der Waals surface area contributed by atoms with Gasteiger partial charge in [-0.2, -0.15) is 0 Å². The number of carbonyl (C=O) groups excluding carboxylic acids is 2. The molecule has 1 fully saturated rings. The zero-order valence-corrected chi connectivity index (χ0v) is 17.2. The number of likely N-dealkylation sites (tertiary alicyclic amines) is 1. The Morgan fingerprint density at radius 3 is 2.70 bits per heavy atom. The summed E-state index contributed by atoms with van der Waals surface area (Å²) in [5.74, 6) is 0.397. The monoisotopic (exact) mass is 453 g/mol. The number of aromatic nitrogens is 1. The zero-order valence-electron chi connectivity index (χ0n) is 14.9. The fourth-order valence-electron chi connectivity index (χ4n) is 3.05. The second-order valence-electron chi connectivity index (χ2n) is 6.49. The lowest BCUT2D eigenvalue weighted by Gasteiger charge is -2.33. The number of benzene rings is 1. The van der Waals surface area contributed by atoms with Gasteiger partial charge in [-0.1, -0.05) is 11.6 Å². The first-order valence-electron chi connectivity index (χ1n) is 8.79. The van der Waals surface area contributed by atoms with Gasteiger partial charge in [0.2, 0.25) is 0 Å². The van der Waals surface area contributed by atoms with Crippen molar-refractivity contribution in [2.45, 2.75) is 31.9 Å². The van der Waals surface area contributed by atoms with E-state index in [1.807, 2.05) is 0 Å². The van der Waals surface area contributed by atoms with E-state index in [1.165, 1.54) is 0 Å². The van der Waals surface area contributed by atoms with E-state index in [0.717, 1.165) is 12.8 Å². The summed E-state index contributed by atoms with van der Waals surface area (Å²) in [5, 5.41) is 3.60. The van der Waals surface area contributed by atoms with Gasteiger partial charge in [0.15, 0.2) is 6.10 Å². The summed E-state index contributed by atoms with van der Waals surface area (Å²) in [6.45, 7) is 2.91. The van der Waals surface area contributed by atoms with Crippen molar-refractivity contribution in [1.82, 2.24) is 15.2 Å². The van der Waals surface area contributed by atoms with Crippen LogP contribution in [-0.4, -0.2) is 46.9 Å². The molecule has 0 unspecified atom stereocenters. The van der Waals surface area contributed by atoms with Crippen molar-refractivity contribution in [3.8, 4) is 5.75 Å². The van der Waals surface area contributed by atoms with E-state index >= 15 is 0 Å². The molecule has 1 aromatic heterocycles. The maximum absolute atomic E-state index is 12.7. The van der Waals surface area contributed by atoms with Crippen LogP contribution in [0.2, 0.25) is 5.02 Å². The normalized spacial score (nSPS) is 16.0. The minimum atomic E-state index is -0.604. The van der Waals surface area contributed by atoms with Gasteiger partial charge in [-0.15, -0.1) is 0 Å². The predicted octanol–water partition coefficient (Wildman–Crippen LogP) is 3.62. The topological polar surface area (TPSA) is 74.4 Å². The average Bonchev–Trinajstić information content (AvgIpc) is 3.19. The van der Waals surface area contributed by atoms with Gasteiger partial charge in [0.05, 0.1) is 4.47 Å². The Balaban J connectivity index is 1.49. The largest absolute Gasteiger partial charge is 0.480 e. The van der Waals surface area contributed by atoms with Gasteiger partial charge in [-0.25, -0.2) is 0 Å². The molecular weight excluding hydrogens is 434 g/mol. The molecule has 1 atom stereocenters. The Kier molecular flexibility index (Phi) is 6.44. The van der Waals surface area contributed by atoms with Crippen LogP contribution in [-0.2, 0) is 4.79 Å². The SMILES string of the molecule is C[C@H](Oc1ccc(Cl)cc1Br)C(=O)N1CCC(NC(=O)c2ccc[nH]2)CC1. The third-order valence-electron chi connectivity index (χ3n) is 4.53. The number of nitrogens with one attached hydrogen (secondary N) is 2. The maximum atomic E-state index is 12.7. The van der Waals surface area contributed by atoms with Crippen molar-refractivity contribution >= 4 is 39.3 Å². The number of ether oxygens (including phenoxy) is 1. The summed E-state index contributed by atoms with van der Waals surface area (Å²) in [7, 11) is 0. The Morgan fingerprint density at radius 1 is 1.33 bits per heavy atom. The molecule has 2 N–H and O–H groups in total. The number of piperidine rings is 1. The molecule has 6 nitrogen and oxygen atoms in total. The van der Waals surface area contributed by atoms with Crippen LogP contribution in [0.15, 0.2) is 41.0 Å². The number of H-pyrrole nitrogens is 1. The minimum Gasteiger partial charge on any atom is -0.480 e. The second kappa shape index (κ2) is 8.80. The Hall–Kier alpha value is -1.99. The third kappa shape index (κ3) is 5.05. The lowest BCUT2D eigenvalue weighted by atomic mass is 10.0. The number of aromatic amines is 1. The second-order valence-corrected chi connectivity index (χ2v) is 7.78. The van der Waals surface area contributed by atoms with Crippen molar-refractivity contribution in [2.24, 2.45) is 0 Å². The predicted molar refractivity (Wildman–Crippen MR) is 107 cm³/mol. The van der Waals surface area contributed by atoms with Crippen molar-refractivity contribution in [1.29, 1.82) is 0 Å². The number of nitrogens with zero attached hydrogens (tertiary/aromatic N) is 1. The highest BCUT2D eigenvalue weighted by Crippen LogP contribution is 2.29. The van der Waals surface area contributed by atoms with Gasteiger partial charge in [0.25, 0.3) is 11.8 Å². The molecule has 1 aliphatic heterocycles. The number of hydrogen-bond donors (Lipinski definition) is 2. The molecule has 0 aliphatic carbocycles. The lowest BCUT2D eigenvalue weighted by Crippen LogP contribution is -2.49. The molecule has 1 aromatic carbocycles. The summed E-state index contributed by atoms with van der Waals surface area (Å²) in [6.07, 6.45) is 2.55. The molecule has 2 amide bonds. The first-order valence-corrected chi connectivity index (χ1v) is 9.96. The highest BCUT2D eigenvalue weighted by atomic mass is 79.9. The van der Waals surface area contributed by atoms with Crippen LogP contribution in [0.3, 0.4) is 0 Å². The van der Waals surface area contributed by atoms with Crippen LogP contribution >= 0.6 is 27.5 Å². The average molecular weight is 455 g/mol. The molecular formula is C19H21BrClN3O3. The Labute approximate surface area is 171 Å². The van der Waals surface area contributed by atoms with Crippen molar-refractivity contribution in [3.63, 3.8) is 0 Å². The van der Waals surface area contributed by atoms with E-state index in [0.29, 0.717) is 34.0 Å². The molecule has 8 heteroatoms. The van der Waals surface area contributed by atoms with Crippen molar-refractivity contribution < 1.29 is 14.3 Å². The summed E-state index contributed by atoms with van der Waals surface area (Å²) >= 11 is 9.32. The molecule has 2 aromatic rings. The lowest BCUT2D eigenvalue weighted by molar-refractivity contribution is -0.139. The fourth-order valence-corrected chi connectivity index (χ4v) is 3.82. The number of rotatable bonds is 5. The van der Waals surface area contributed by atoms with Gasteiger partial charge in [-0.3, -0.25) is 9.59 Å². The molecule has 1 aliphatic rings. The molecule has 0 spiro atoms. The van der Waals surface area contributed by atoms with Gasteiger partial charge in [0.1, 0.15) is 11.4 Å². The van der Waals surface area contributed by atoms with E-state index in [4.69, 9.17) is 16.3 Å². The highest BCUT2D eigenvalue weighted by molar-refractivity contribution is 9.10. The van der Waals surface area contributed by atoms with Crippen LogP contribution < -0.4 is 10.1 Å². The van der Waals surface area contributed by atoms with Crippen molar-refractivity contribution in [2.75, 3.05) is 13.1 Å². The summed E-state index contributed by atoms with van der Waals surface area (Å²) in [6, 6.07) is 8.77. The molecule has 0 bridgehead atoms. The van der Waals surface area contributed by atoms with Gasteiger partial charge in [0, 0.05) is 30.4 Å². The molecule has 1 saturated heterocycles. The highest BCUT2D eigenvalue weighted by Gasteiger charge is 2.28. The van der Waals surface area contributed by atoms with E-state index in [-0.39, 0.29) is 17.9 Å². The molecule has 3 rings (SSSR count). The minimum absolute atomic E-state index is 0.0616. The van der Waals surface area contributed by atoms with E-state index in [1.54, 1.807) is 48.4 Å². The summed E-state index contributed by atoms with van der Waals surface area (Å²) < 4.78 is 6.49. The number of hydrogen-bond acceptors (Lipinski definition) is 3. The molecule has 27 heavy (non-hydrogen) atoms. The number of halogens is 2. The third-order valence-corrected chi connectivity index (χ3v) is 5.38. The molecule has 0 saturated carbocycles. The van der Waals surface area contributed by atoms with Gasteiger partial charge in [-0.05, 0) is 66.0 Å². The molecule has 0 radical (unpaired) electrons. The van der Waals surface area contributed by atoms with Gasteiger partial charge >= 0.3 is 0 Å². The van der Waals surface area contributed by atoms with Crippen LogP contribution in [0.4, 0.5) is 0 Å². The zero-order chi connectivity index (χ0) is 19.4. The fraction of sp³-hybridized carbons (Fsp3) is 0.368. The summed E-state index contributed by atoms with van der Waals surface area (Å²) in [5.41, 5.74) is 0.545. The molecule has 2 heterocycles. The number of carbonyl (C=O) groups is 2. The van der Waals surface area contributed by atoms with Crippen LogP contribution in [0.5, 0.6) is 5.75 Å². The van der Waals surface area contributed by atoms with E-state index < -0.39 is 6.10 Å².